The Labute approximate surface area is 227 Å². The molecule has 3 aliphatic carbocycles. The van der Waals surface area contributed by atoms with Gasteiger partial charge in [0.2, 0.25) is 5.91 Å². The summed E-state index contributed by atoms with van der Waals surface area (Å²) in [5, 5.41) is 15.3. The Hall–Kier alpha value is -2.17. The lowest BCUT2D eigenvalue weighted by Crippen LogP contribution is -2.49. The lowest BCUT2D eigenvalue weighted by atomic mass is 9.71. The van der Waals surface area contributed by atoms with Gasteiger partial charge in [0.05, 0.1) is 11.9 Å². The van der Waals surface area contributed by atoms with Gasteiger partial charge in [0.25, 0.3) is 0 Å². The first kappa shape index (κ1) is 28.4. The van der Waals surface area contributed by atoms with Crippen LogP contribution in [0.3, 0.4) is 0 Å². The van der Waals surface area contributed by atoms with Gasteiger partial charge >= 0.3 is 6.18 Å². The lowest BCUT2D eigenvalue weighted by Gasteiger charge is -2.39. The van der Waals surface area contributed by atoms with Gasteiger partial charge < -0.3 is 15.0 Å². The zero-order valence-corrected chi connectivity index (χ0v) is 22.9. The van der Waals surface area contributed by atoms with Crippen molar-refractivity contribution < 1.29 is 27.1 Å². The number of hydrogen-bond acceptors (Lipinski definition) is 4. The van der Waals surface area contributed by atoms with E-state index in [2.05, 4.69) is 10.4 Å². The van der Waals surface area contributed by atoms with Crippen LogP contribution < -0.4 is 5.32 Å². The molecule has 7 atom stereocenters. The summed E-state index contributed by atoms with van der Waals surface area (Å²) >= 11 is 0. The molecule has 1 aliphatic heterocycles. The number of carbonyl (C=O) groups excluding carboxylic acids is 1. The molecule has 1 amide bonds. The number of nitrogens with one attached hydrogen (secondary N) is 2. The summed E-state index contributed by atoms with van der Waals surface area (Å²) in [5.41, 5.74) is -0.708. The van der Waals surface area contributed by atoms with Crippen LogP contribution in [-0.4, -0.2) is 64.9 Å². The first-order chi connectivity index (χ1) is 18.5. The van der Waals surface area contributed by atoms with E-state index in [1.165, 1.54) is 25.0 Å². The molecule has 2 heterocycles. The number of rotatable bonds is 8. The van der Waals surface area contributed by atoms with Gasteiger partial charge in [-0.05, 0) is 81.5 Å². The quantitative estimate of drug-likeness (QED) is 0.440. The Kier molecular flexibility index (Phi) is 8.27. The van der Waals surface area contributed by atoms with Crippen LogP contribution in [0.5, 0.6) is 0 Å². The van der Waals surface area contributed by atoms with Crippen LogP contribution in [0, 0.1) is 29.1 Å². The van der Waals surface area contributed by atoms with Crippen molar-refractivity contribution in [1.29, 1.82) is 5.41 Å². The van der Waals surface area contributed by atoms with E-state index in [4.69, 9.17) is 10.1 Å². The van der Waals surface area contributed by atoms with E-state index >= 15 is 0 Å². The molecule has 4 aliphatic rings. The summed E-state index contributed by atoms with van der Waals surface area (Å²) in [6.45, 7) is 1.36. The molecule has 3 saturated carbocycles. The zero-order valence-electron chi connectivity index (χ0n) is 22.9. The summed E-state index contributed by atoms with van der Waals surface area (Å²) in [6, 6.07) is -0.0580. The topological polar surface area (TPSA) is 83.2 Å². The maximum absolute atomic E-state index is 14.3. The molecule has 218 valence electrons. The van der Waals surface area contributed by atoms with Crippen molar-refractivity contribution in [3.8, 4) is 0 Å². The molecule has 5 rings (SSSR count). The van der Waals surface area contributed by atoms with Gasteiger partial charge in [-0.1, -0.05) is 0 Å². The summed E-state index contributed by atoms with van der Waals surface area (Å²) in [7, 11) is 3.02. The maximum atomic E-state index is 14.3. The van der Waals surface area contributed by atoms with E-state index in [1.54, 1.807) is 0 Å². The van der Waals surface area contributed by atoms with Crippen molar-refractivity contribution in [2.45, 2.75) is 94.6 Å². The maximum Gasteiger partial charge on any atom is 0.435 e. The molecule has 4 fully saturated rings. The highest BCUT2D eigenvalue weighted by atomic mass is 19.4. The standard InChI is InChI=1S/C28H41F4N5O2/c1-36-15-21(26(35-36)28(30,31)32)19-10-16(14-37-9-3-4-24(37)33)11-20(12-19)27(38)34-25(17-5-6-17)18-7-8-22(29)23(13-18)39-2/h15-20,22-23,25,33H,3-14H2,1-2H3,(H,34,38)/t16?,18?,19?,20?,22?,23?,25-/m0/s1. The summed E-state index contributed by atoms with van der Waals surface area (Å²) in [4.78, 5) is 15.8. The number of aromatic nitrogens is 2. The third kappa shape index (κ3) is 6.43. The number of amides is 1. The first-order valence-corrected chi connectivity index (χ1v) is 14.4. The molecular weight excluding hydrogens is 514 g/mol. The number of alkyl halides is 4. The number of likely N-dealkylation sites (tertiary alicyclic amines) is 1. The SMILES string of the molecule is COC1CC([C@@H](NC(=O)C2CC(CN3CCCC3=N)CC(c3cn(C)nc3C(F)(F)F)C2)C2CC2)CCC1F. The lowest BCUT2D eigenvalue weighted by molar-refractivity contribution is -0.142. The predicted molar refractivity (Wildman–Crippen MR) is 138 cm³/mol. The molecule has 0 aromatic carbocycles. The molecule has 1 saturated heterocycles. The summed E-state index contributed by atoms with van der Waals surface area (Å²) in [5.74, 6) is 0.0901. The number of aryl methyl sites for hydroxylation is 1. The van der Waals surface area contributed by atoms with Crippen LogP contribution >= 0.6 is 0 Å². The molecule has 0 radical (unpaired) electrons. The van der Waals surface area contributed by atoms with E-state index in [0.29, 0.717) is 63.2 Å². The molecule has 39 heavy (non-hydrogen) atoms. The fraction of sp³-hybridized carbons (Fsp3) is 0.821. The molecule has 1 aromatic rings. The zero-order chi connectivity index (χ0) is 27.9. The third-order valence-corrected chi connectivity index (χ3v) is 9.44. The molecule has 2 N–H and O–H groups in total. The third-order valence-electron chi connectivity index (χ3n) is 9.44. The number of ether oxygens (including phenoxy) is 1. The summed E-state index contributed by atoms with van der Waals surface area (Å²) < 4.78 is 62.5. The van der Waals surface area contributed by atoms with E-state index in [-0.39, 0.29) is 29.3 Å². The molecule has 0 bridgehead atoms. The number of methoxy groups -OCH3 is 1. The van der Waals surface area contributed by atoms with Crippen LogP contribution in [0.25, 0.3) is 0 Å². The largest absolute Gasteiger partial charge is 0.435 e. The molecule has 1 aromatic heterocycles. The van der Waals surface area contributed by atoms with Gasteiger partial charge in [0, 0.05) is 57.4 Å². The minimum Gasteiger partial charge on any atom is -0.378 e. The number of nitrogens with zero attached hydrogens (tertiary/aromatic N) is 3. The number of carbonyl (C=O) groups is 1. The van der Waals surface area contributed by atoms with Gasteiger partial charge in [-0.25, -0.2) is 4.39 Å². The van der Waals surface area contributed by atoms with Crippen LogP contribution in [0.2, 0.25) is 0 Å². The van der Waals surface area contributed by atoms with E-state index in [0.717, 1.165) is 25.8 Å². The second-order valence-electron chi connectivity index (χ2n) is 12.3. The number of amidine groups is 1. The molecule has 6 unspecified atom stereocenters. The molecular formula is C28H41F4N5O2. The fourth-order valence-electron chi connectivity index (χ4n) is 7.37. The smallest absolute Gasteiger partial charge is 0.378 e. The second-order valence-corrected chi connectivity index (χ2v) is 12.3. The monoisotopic (exact) mass is 555 g/mol. The van der Waals surface area contributed by atoms with Crippen LogP contribution in [0.15, 0.2) is 6.20 Å². The minimum atomic E-state index is -4.57. The fourth-order valence-corrected chi connectivity index (χ4v) is 7.37. The minimum absolute atomic E-state index is 0.00142. The van der Waals surface area contributed by atoms with Gasteiger partial charge in [0.15, 0.2) is 5.69 Å². The Morgan fingerprint density at radius 1 is 1.18 bits per heavy atom. The van der Waals surface area contributed by atoms with Crippen molar-refractivity contribution in [3.63, 3.8) is 0 Å². The highest BCUT2D eigenvalue weighted by Crippen LogP contribution is 2.45. The number of hydrogen-bond donors (Lipinski definition) is 2. The average Bonchev–Trinajstić information content (AvgIpc) is 3.53. The van der Waals surface area contributed by atoms with Crippen LogP contribution in [-0.2, 0) is 22.8 Å². The van der Waals surface area contributed by atoms with Gasteiger partial charge in [-0.15, -0.1) is 0 Å². The van der Waals surface area contributed by atoms with E-state index < -0.39 is 36.0 Å². The molecule has 7 nitrogen and oxygen atoms in total. The highest BCUT2D eigenvalue weighted by molar-refractivity contribution is 5.81. The Morgan fingerprint density at radius 2 is 1.92 bits per heavy atom. The Bertz CT molecular complexity index is 1040. The Morgan fingerprint density at radius 3 is 2.56 bits per heavy atom. The van der Waals surface area contributed by atoms with Crippen molar-refractivity contribution in [2.75, 3.05) is 20.2 Å². The van der Waals surface area contributed by atoms with Crippen LogP contribution in [0.4, 0.5) is 17.6 Å². The average molecular weight is 556 g/mol. The van der Waals surface area contributed by atoms with Gasteiger partial charge in [-0.3, -0.25) is 14.9 Å². The van der Waals surface area contributed by atoms with Gasteiger partial charge in [0.1, 0.15) is 6.17 Å². The predicted octanol–water partition coefficient (Wildman–Crippen LogP) is 5.06. The molecule has 11 heteroatoms. The highest BCUT2D eigenvalue weighted by Gasteiger charge is 2.45. The van der Waals surface area contributed by atoms with Crippen LogP contribution in [0.1, 0.15) is 81.4 Å². The number of halogens is 4. The van der Waals surface area contributed by atoms with Crippen molar-refractivity contribution in [1.82, 2.24) is 20.0 Å². The van der Waals surface area contributed by atoms with E-state index in [9.17, 15) is 22.4 Å². The molecule has 0 spiro atoms. The normalized spacial score (nSPS) is 32.9. The van der Waals surface area contributed by atoms with Crippen molar-refractivity contribution in [2.24, 2.45) is 30.7 Å². The Balaban J connectivity index is 1.35. The second kappa shape index (κ2) is 11.4. The van der Waals surface area contributed by atoms with E-state index in [1.807, 2.05) is 4.90 Å². The van der Waals surface area contributed by atoms with Gasteiger partial charge in [-0.2, -0.15) is 18.3 Å². The summed E-state index contributed by atoms with van der Waals surface area (Å²) in [6.07, 6.45) is 2.23. The first-order valence-electron chi connectivity index (χ1n) is 14.4. The van der Waals surface area contributed by atoms with Crippen molar-refractivity contribution >= 4 is 11.7 Å². The van der Waals surface area contributed by atoms with Crippen molar-refractivity contribution in [3.05, 3.63) is 17.5 Å².